The molecule has 0 aromatic carbocycles. The van der Waals surface area contributed by atoms with Crippen molar-refractivity contribution in [2.24, 2.45) is 0 Å². The van der Waals surface area contributed by atoms with Gasteiger partial charge >= 0.3 is 0 Å². The number of nitrogens with zero attached hydrogens (tertiary/aromatic N) is 1. The molecule has 1 N–H and O–H groups in total. The molecule has 0 atom stereocenters. The molecule has 0 aliphatic heterocycles. The summed E-state index contributed by atoms with van der Waals surface area (Å²) in [6, 6.07) is 0. The molecule has 0 aliphatic rings. The van der Waals surface area contributed by atoms with E-state index in [1.54, 1.807) is 7.05 Å². The molecule has 0 heterocycles. The lowest BCUT2D eigenvalue weighted by Gasteiger charge is -2.16. The number of hydrazine groups is 1. The van der Waals surface area contributed by atoms with Crippen molar-refractivity contribution in [2.45, 2.75) is 0 Å². The third-order valence-electron chi connectivity index (χ3n) is 0.712. The Labute approximate surface area is 69.9 Å². The van der Waals surface area contributed by atoms with Crippen LogP contribution in [0.5, 0.6) is 0 Å². The number of thiocarbonyl (C=S) groups is 1. The van der Waals surface area contributed by atoms with Gasteiger partial charge in [0.05, 0.1) is 7.11 Å². The number of amides is 1. The van der Waals surface area contributed by atoms with Crippen LogP contribution in [0.15, 0.2) is 0 Å². The summed E-state index contributed by atoms with van der Waals surface area (Å²) >= 11 is 8.12. The Kier molecular flexibility index (Phi) is 4.13. The molecule has 6 heteroatoms. The van der Waals surface area contributed by atoms with Crippen LogP contribution in [0.25, 0.3) is 0 Å². The molecule has 0 aromatic heterocycles. The van der Waals surface area contributed by atoms with E-state index in [2.05, 4.69) is 35.0 Å². The predicted molar refractivity (Wildman–Crippen MR) is 44.9 cm³/mol. The summed E-state index contributed by atoms with van der Waals surface area (Å²) in [6.45, 7) is 0. The van der Waals surface area contributed by atoms with Gasteiger partial charge in [-0.2, -0.15) is 0 Å². The molecule has 0 saturated heterocycles. The van der Waals surface area contributed by atoms with E-state index in [0.29, 0.717) is 0 Å². The van der Waals surface area contributed by atoms with Crippen molar-refractivity contribution in [1.29, 1.82) is 0 Å². The Morgan fingerprint density at radius 1 is 1.80 bits per heavy atom. The van der Waals surface area contributed by atoms with Crippen molar-refractivity contribution in [1.82, 2.24) is 10.4 Å². The van der Waals surface area contributed by atoms with Gasteiger partial charge in [0.25, 0.3) is 10.4 Å². The van der Waals surface area contributed by atoms with Gasteiger partial charge in [0.15, 0.2) is 0 Å². The summed E-state index contributed by atoms with van der Waals surface area (Å²) in [6.07, 6.45) is 0. The van der Waals surface area contributed by atoms with Crippen LogP contribution in [0.3, 0.4) is 0 Å². The monoisotopic (exact) mass is 180 g/mol. The first kappa shape index (κ1) is 9.51. The molecule has 1 amide bonds. The molecule has 0 bridgehead atoms. The number of hydrogen-bond acceptors (Lipinski definition) is 3. The standard InChI is InChI=1S/C4H8N2O2S2/c1-6(4(10)8-2)5-3(7)9/h1-2H3,(H2,5,7,9). The normalized spacial score (nSPS) is 8.30. The molecule has 0 spiro atoms. The van der Waals surface area contributed by atoms with Crippen LogP contribution >= 0.6 is 24.8 Å². The van der Waals surface area contributed by atoms with Crippen molar-refractivity contribution in [3.8, 4) is 0 Å². The summed E-state index contributed by atoms with van der Waals surface area (Å²) in [5.74, 6) is 0. The smallest absolute Gasteiger partial charge is 0.294 e. The van der Waals surface area contributed by atoms with Gasteiger partial charge in [-0.05, 0) is 12.2 Å². The van der Waals surface area contributed by atoms with Gasteiger partial charge in [0, 0.05) is 7.05 Å². The third kappa shape index (κ3) is 3.52. The largest absolute Gasteiger partial charge is 0.473 e. The van der Waals surface area contributed by atoms with Crippen LogP contribution in [-0.2, 0) is 4.74 Å². The minimum atomic E-state index is -0.484. The molecular weight excluding hydrogens is 172 g/mol. The molecule has 0 radical (unpaired) electrons. The fraction of sp³-hybridized carbons (Fsp3) is 0.500. The van der Waals surface area contributed by atoms with Gasteiger partial charge in [-0.1, -0.05) is 12.6 Å². The van der Waals surface area contributed by atoms with Crippen LogP contribution in [0, 0.1) is 0 Å². The van der Waals surface area contributed by atoms with E-state index in [9.17, 15) is 4.79 Å². The highest BCUT2D eigenvalue weighted by molar-refractivity contribution is 7.96. The van der Waals surface area contributed by atoms with Gasteiger partial charge in [0.1, 0.15) is 0 Å². The highest BCUT2D eigenvalue weighted by Crippen LogP contribution is 1.85. The lowest BCUT2D eigenvalue weighted by Crippen LogP contribution is -2.40. The molecule has 0 rings (SSSR count). The van der Waals surface area contributed by atoms with E-state index in [4.69, 9.17) is 0 Å². The number of rotatable bonds is 0. The van der Waals surface area contributed by atoms with E-state index in [-0.39, 0.29) is 5.17 Å². The lowest BCUT2D eigenvalue weighted by molar-refractivity contribution is 0.234. The average Bonchev–Trinajstić information content (AvgIpc) is 1.85. The zero-order chi connectivity index (χ0) is 8.15. The minimum Gasteiger partial charge on any atom is -0.473 e. The second kappa shape index (κ2) is 4.35. The summed E-state index contributed by atoms with van der Waals surface area (Å²) in [4.78, 5) is 10.3. The number of hydrogen-bond donors (Lipinski definition) is 2. The highest BCUT2D eigenvalue weighted by atomic mass is 32.1. The first-order valence-electron chi connectivity index (χ1n) is 2.39. The SMILES string of the molecule is COC(=S)N(C)NC(=O)S. The number of carbonyl (C=O) groups excluding carboxylic acids is 1. The Morgan fingerprint density at radius 3 is 2.60 bits per heavy atom. The van der Waals surface area contributed by atoms with Crippen molar-refractivity contribution in [3.63, 3.8) is 0 Å². The molecule has 0 saturated carbocycles. The lowest BCUT2D eigenvalue weighted by atomic mass is 11.0. The summed E-state index contributed by atoms with van der Waals surface area (Å²) in [7, 11) is 2.98. The van der Waals surface area contributed by atoms with Gasteiger partial charge in [-0.25, -0.2) is 5.01 Å². The molecule has 0 aliphatic carbocycles. The molecule has 10 heavy (non-hydrogen) atoms. The molecule has 58 valence electrons. The number of nitrogens with one attached hydrogen (secondary N) is 1. The van der Waals surface area contributed by atoms with Crippen molar-refractivity contribution < 1.29 is 9.53 Å². The van der Waals surface area contributed by atoms with Crippen molar-refractivity contribution in [3.05, 3.63) is 0 Å². The number of carbonyl (C=O) groups is 1. The van der Waals surface area contributed by atoms with E-state index < -0.39 is 5.24 Å². The zero-order valence-corrected chi connectivity index (χ0v) is 7.33. The molecular formula is C4H8N2O2S2. The maximum Gasteiger partial charge on any atom is 0.294 e. The molecule has 0 fully saturated rings. The number of thiol groups is 1. The Hall–Kier alpha value is -0.490. The third-order valence-corrected chi connectivity index (χ3v) is 1.25. The van der Waals surface area contributed by atoms with E-state index in [0.717, 1.165) is 0 Å². The first-order valence-corrected chi connectivity index (χ1v) is 3.24. The zero-order valence-electron chi connectivity index (χ0n) is 5.62. The fourth-order valence-corrected chi connectivity index (χ4v) is 0.522. The Morgan fingerprint density at radius 2 is 2.30 bits per heavy atom. The van der Waals surface area contributed by atoms with E-state index in [1.165, 1.54) is 12.1 Å². The summed E-state index contributed by atoms with van der Waals surface area (Å²) < 4.78 is 4.62. The number of methoxy groups -OCH3 is 1. The van der Waals surface area contributed by atoms with Gasteiger partial charge in [-0.15, -0.1) is 0 Å². The van der Waals surface area contributed by atoms with Crippen molar-refractivity contribution >= 4 is 35.3 Å². The number of ether oxygens (including phenoxy) is 1. The van der Waals surface area contributed by atoms with Crippen LogP contribution in [-0.4, -0.2) is 29.6 Å². The van der Waals surface area contributed by atoms with Crippen LogP contribution in [0.1, 0.15) is 0 Å². The highest BCUT2D eigenvalue weighted by Gasteiger charge is 2.03. The summed E-state index contributed by atoms with van der Waals surface area (Å²) in [5, 5.41) is 0.953. The van der Waals surface area contributed by atoms with E-state index >= 15 is 0 Å². The topological polar surface area (TPSA) is 41.6 Å². The van der Waals surface area contributed by atoms with Gasteiger partial charge < -0.3 is 4.74 Å². The average molecular weight is 180 g/mol. The van der Waals surface area contributed by atoms with Crippen molar-refractivity contribution in [2.75, 3.05) is 14.2 Å². The summed E-state index contributed by atoms with van der Waals surface area (Å²) in [5.41, 5.74) is 2.29. The van der Waals surface area contributed by atoms with Crippen LogP contribution in [0.2, 0.25) is 0 Å². The maximum atomic E-state index is 10.3. The predicted octanol–water partition coefficient (Wildman–Crippen LogP) is 0.404. The maximum absolute atomic E-state index is 10.3. The Balaban J connectivity index is 3.72. The fourth-order valence-electron chi connectivity index (χ4n) is 0.326. The minimum absolute atomic E-state index is 0.183. The van der Waals surface area contributed by atoms with Crippen LogP contribution in [0.4, 0.5) is 4.79 Å². The molecule has 0 aromatic rings. The second-order valence-electron chi connectivity index (χ2n) is 1.45. The van der Waals surface area contributed by atoms with Gasteiger partial charge in [-0.3, -0.25) is 10.2 Å². The van der Waals surface area contributed by atoms with Gasteiger partial charge in [0.2, 0.25) is 0 Å². The molecule has 4 nitrogen and oxygen atoms in total. The van der Waals surface area contributed by atoms with Crippen LogP contribution < -0.4 is 5.43 Å². The Bertz CT molecular complexity index is 150. The first-order chi connectivity index (χ1) is 4.57. The molecule has 0 unspecified atom stereocenters. The second-order valence-corrected chi connectivity index (χ2v) is 2.20. The van der Waals surface area contributed by atoms with E-state index in [1.807, 2.05) is 0 Å². The quantitative estimate of drug-likeness (QED) is 0.322.